The summed E-state index contributed by atoms with van der Waals surface area (Å²) in [4.78, 5) is 21.6. The average molecular weight is 271 g/mol. The number of imide groups is 1. The molecule has 1 aliphatic rings. The molecule has 1 saturated heterocycles. The fourth-order valence-electron chi connectivity index (χ4n) is 0.589. The molecule has 0 radical (unpaired) electrons. The molecule has 1 aliphatic heterocycles. The zero-order chi connectivity index (χ0) is 7.78. The summed E-state index contributed by atoms with van der Waals surface area (Å²) in [6.07, 6.45) is 0. The number of hydrogen-bond donors (Lipinski definition) is 1. The standard InChI is InChI=1S/C5H6INO2S/c1-5(2-6)3(8)7-4(9)10-5/h2H2,1H3,(H,7,8,9). The molecule has 10 heavy (non-hydrogen) atoms. The summed E-state index contributed by atoms with van der Waals surface area (Å²) in [5, 5.41) is 2.01. The first-order valence-corrected chi connectivity index (χ1v) is 5.03. The molecule has 1 N–H and O–H groups in total. The van der Waals surface area contributed by atoms with E-state index in [1.165, 1.54) is 0 Å². The monoisotopic (exact) mass is 271 g/mol. The van der Waals surface area contributed by atoms with Gasteiger partial charge in [0.25, 0.3) is 5.24 Å². The van der Waals surface area contributed by atoms with E-state index in [1.807, 2.05) is 0 Å². The van der Waals surface area contributed by atoms with Crippen LogP contribution in [0.1, 0.15) is 6.92 Å². The van der Waals surface area contributed by atoms with Crippen LogP contribution in [0.5, 0.6) is 0 Å². The van der Waals surface area contributed by atoms with Crippen molar-refractivity contribution in [1.82, 2.24) is 5.32 Å². The minimum absolute atomic E-state index is 0.170. The van der Waals surface area contributed by atoms with Gasteiger partial charge in [-0.15, -0.1) is 0 Å². The van der Waals surface area contributed by atoms with Crippen molar-refractivity contribution < 1.29 is 9.59 Å². The summed E-state index contributed by atoms with van der Waals surface area (Å²) < 4.78 is 0.130. The molecule has 1 atom stereocenters. The number of carbonyl (C=O) groups is 2. The van der Waals surface area contributed by atoms with Crippen LogP contribution in [0.25, 0.3) is 0 Å². The van der Waals surface area contributed by atoms with Crippen molar-refractivity contribution in [3.8, 4) is 0 Å². The van der Waals surface area contributed by atoms with Crippen molar-refractivity contribution in [1.29, 1.82) is 0 Å². The average Bonchev–Trinajstić information content (AvgIpc) is 2.09. The van der Waals surface area contributed by atoms with Crippen LogP contribution < -0.4 is 5.32 Å². The van der Waals surface area contributed by atoms with Gasteiger partial charge in [-0.3, -0.25) is 14.9 Å². The Morgan fingerprint density at radius 3 is 2.50 bits per heavy atom. The zero-order valence-corrected chi connectivity index (χ0v) is 8.28. The van der Waals surface area contributed by atoms with E-state index < -0.39 is 4.75 Å². The lowest BCUT2D eigenvalue weighted by molar-refractivity contribution is -0.120. The normalized spacial score (nSPS) is 32.6. The van der Waals surface area contributed by atoms with Gasteiger partial charge in [-0.2, -0.15) is 0 Å². The summed E-state index contributed by atoms with van der Waals surface area (Å²) in [6.45, 7) is 1.77. The summed E-state index contributed by atoms with van der Waals surface area (Å²) in [6, 6.07) is 0. The van der Waals surface area contributed by atoms with Gasteiger partial charge in [0.15, 0.2) is 0 Å². The highest BCUT2D eigenvalue weighted by molar-refractivity contribution is 14.1. The molecule has 56 valence electrons. The van der Waals surface area contributed by atoms with E-state index in [1.54, 1.807) is 6.92 Å². The fraction of sp³-hybridized carbons (Fsp3) is 0.600. The smallest absolute Gasteiger partial charge is 0.286 e. The molecule has 0 spiro atoms. The summed E-state index contributed by atoms with van der Waals surface area (Å²) in [5.41, 5.74) is 0. The van der Waals surface area contributed by atoms with Gasteiger partial charge in [0.05, 0.1) is 0 Å². The molecular formula is C5H6INO2S. The summed E-state index contributed by atoms with van der Waals surface area (Å²) in [5.74, 6) is -0.170. The van der Waals surface area contributed by atoms with E-state index in [-0.39, 0.29) is 11.1 Å². The van der Waals surface area contributed by atoms with Gasteiger partial charge >= 0.3 is 0 Å². The first-order valence-electron chi connectivity index (χ1n) is 2.69. The molecule has 0 saturated carbocycles. The third-order valence-corrected chi connectivity index (χ3v) is 4.38. The zero-order valence-electron chi connectivity index (χ0n) is 5.31. The van der Waals surface area contributed by atoms with Crippen molar-refractivity contribution >= 4 is 45.5 Å². The number of carbonyl (C=O) groups excluding carboxylic acids is 2. The van der Waals surface area contributed by atoms with Crippen LogP contribution in [0.4, 0.5) is 4.79 Å². The van der Waals surface area contributed by atoms with E-state index >= 15 is 0 Å². The number of thioether (sulfide) groups is 1. The first kappa shape index (κ1) is 8.32. The highest BCUT2D eigenvalue weighted by Gasteiger charge is 2.42. The molecule has 0 aromatic carbocycles. The van der Waals surface area contributed by atoms with Gasteiger partial charge in [0.2, 0.25) is 5.91 Å². The minimum Gasteiger partial charge on any atom is -0.286 e. The minimum atomic E-state index is -0.530. The molecule has 0 aromatic rings. The SMILES string of the molecule is CC1(CI)SC(=O)NC1=O. The first-order chi connectivity index (χ1) is 4.58. The van der Waals surface area contributed by atoms with E-state index in [0.29, 0.717) is 4.43 Å². The fourth-order valence-corrected chi connectivity index (χ4v) is 2.15. The molecule has 0 bridgehead atoms. The van der Waals surface area contributed by atoms with E-state index in [2.05, 4.69) is 27.9 Å². The molecular weight excluding hydrogens is 265 g/mol. The van der Waals surface area contributed by atoms with Crippen LogP contribution in [0.2, 0.25) is 0 Å². The number of alkyl halides is 1. The van der Waals surface area contributed by atoms with Crippen molar-refractivity contribution in [2.45, 2.75) is 11.7 Å². The van der Waals surface area contributed by atoms with E-state index in [0.717, 1.165) is 11.8 Å². The number of amides is 2. The predicted octanol–water partition coefficient (Wildman–Crippen LogP) is 1.16. The Hall–Kier alpha value is 0.220. The number of nitrogens with one attached hydrogen (secondary N) is 1. The second-order valence-corrected chi connectivity index (χ2v) is 4.45. The van der Waals surface area contributed by atoms with Gasteiger partial charge in [0.1, 0.15) is 4.75 Å². The van der Waals surface area contributed by atoms with Crippen LogP contribution in [0.15, 0.2) is 0 Å². The molecule has 3 nitrogen and oxygen atoms in total. The second-order valence-electron chi connectivity index (χ2n) is 2.21. The van der Waals surface area contributed by atoms with Crippen molar-refractivity contribution in [3.63, 3.8) is 0 Å². The molecule has 2 amide bonds. The van der Waals surface area contributed by atoms with Crippen LogP contribution in [0, 0.1) is 0 Å². The predicted molar refractivity (Wildman–Crippen MR) is 48.4 cm³/mol. The number of rotatable bonds is 1. The molecule has 0 aliphatic carbocycles. The molecule has 1 fully saturated rings. The molecule has 1 unspecified atom stereocenters. The Bertz CT molecular complexity index is 196. The quantitative estimate of drug-likeness (QED) is 0.575. The third-order valence-electron chi connectivity index (χ3n) is 1.27. The van der Waals surface area contributed by atoms with Crippen LogP contribution in [-0.4, -0.2) is 20.3 Å². The maximum Gasteiger partial charge on any atom is 0.286 e. The highest BCUT2D eigenvalue weighted by Crippen LogP contribution is 2.32. The van der Waals surface area contributed by atoms with Gasteiger partial charge < -0.3 is 0 Å². The highest BCUT2D eigenvalue weighted by atomic mass is 127. The third kappa shape index (κ3) is 1.29. The van der Waals surface area contributed by atoms with Gasteiger partial charge in [-0.05, 0) is 18.7 Å². The Balaban J connectivity index is 2.80. The number of hydrogen-bond acceptors (Lipinski definition) is 3. The van der Waals surface area contributed by atoms with E-state index in [9.17, 15) is 9.59 Å². The lowest BCUT2D eigenvalue weighted by Gasteiger charge is -2.12. The van der Waals surface area contributed by atoms with Crippen LogP contribution >= 0.6 is 34.4 Å². The molecule has 1 heterocycles. The topological polar surface area (TPSA) is 46.2 Å². The lowest BCUT2D eigenvalue weighted by atomic mass is 10.2. The van der Waals surface area contributed by atoms with E-state index in [4.69, 9.17) is 0 Å². The lowest BCUT2D eigenvalue weighted by Crippen LogP contribution is -2.34. The van der Waals surface area contributed by atoms with Gasteiger partial charge in [-0.1, -0.05) is 22.6 Å². The Kier molecular flexibility index (Phi) is 2.24. The molecule has 1 rings (SSSR count). The van der Waals surface area contributed by atoms with Crippen molar-refractivity contribution in [3.05, 3.63) is 0 Å². The van der Waals surface area contributed by atoms with Crippen LogP contribution in [-0.2, 0) is 4.79 Å². The molecule has 5 heteroatoms. The van der Waals surface area contributed by atoms with Gasteiger partial charge in [0, 0.05) is 4.43 Å². The Labute approximate surface area is 76.5 Å². The second kappa shape index (κ2) is 2.69. The number of halogens is 1. The molecule has 0 aromatic heterocycles. The van der Waals surface area contributed by atoms with Crippen molar-refractivity contribution in [2.75, 3.05) is 4.43 Å². The van der Waals surface area contributed by atoms with Crippen LogP contribution in [0.3, 0.4) is 0 Å². The Morgan fingerprint density at radius 2 is 2.30 bits per heavy atom. The largest absolute Gasteiger partial charge is 0.286 e. The summed E-state index contributed by atoms with van der Waals surface area (Å²) in [7, 11) is 0. The van der Waals surface area contributed by atoms with Crippen molar-refractivity contribution in [2.24, 2.45) is 0 Å². The maximum absolute atomic E-state index is 11.0. The maximum atomic E-state index is 11.0. The summed E-state index contributed by atoms with van der Waals surface area (Å²) >= 11 is 3.17. The van der Waals surface area contributed by atoms with Gasteiger partial charge in [-0.25, -0.2) is 0 Å². The Morgan fingerprint density at radius 1 is 1.70 bits per heavy atom.